The molecule has 0 saturated carbocycles. The molecule has 19 heavy (non-hydrogen) atoms. The van der Waals surface area contributed by atoms with E-state index >= 15 is 0 Å². The van der Waals surface area contributed by atoms with E-state index in [-0.39, 0.29) is 16.6 Å². The van der Waals surface area contributed by atoms with Crippen molar-refractivity contribution in [3.63, 3.8) is 0 Å². The van der Waals surface area contributed by atoms with E-state index in [9.17, 15) is 9.59 Å². The highest BCUT2D eigenvalue weighted by molar-refractivity contribution is 7.11. The Morgan fingerprint density at radius 1 is 1.32 bits per heavy atom. The van der Waals surface area contributed by atoms with Crippen molar-refractivity contribution in [2.45, 2.75) is 27.7 Å². The van der Waals surface area contributed by atoms with Gasteiger partial charge in [0.15, 0.2) is 10.7 Å². The molecule has 0 aliphatic carbocycles. The van der Waals surface area contributed by atoms with Crippen LogP contribution in [0.15, 0.2) is 5.38 Å². The van der Waals surface area contributed by atoms with Gasteiger partial charge in [-0.3, -0.25) is 4.79 Å². The molecule has 0 bridgehead atoms. The van der Waals surface area contributed by atoms with Crippen LogP contribution in [0, 0.1) is 17.8 Å². The van der Waals surface area contributed by atoms with E-state index in [0.717, 1.165) is 11.3 Å². The van der Waals surface area contributed by atoms with E-state index < -0.39 is 5.97 Å². The molecular formula is C13H20N2O3S. The molecule has 1 aromatic rings. The van der Waals surface area contributed by atoms with E-state index in [4.69, 9.17) is 5.11 Å². The van der Waals surface area contributed by atoms with Gasteiger partial charge in [-0.25, -0.2) is 9.78 Å². The number of hydrogen-bond donors (Lipinski definition) is 2. The molecule has 0 unspecified atom stereocenters. The van der Waals surface area contributed by atoms with E-state index in [1.165, 1.54) is 5.38 Å². The fourth-order valence-electron chi connectivity index (χ4n) is 2.00. The van der Waals surface area contributed by atoms with Gasteiger partial charge >= 0.3 is 5.97 Å². The second kappa shape index (κ2) is 6.65. The van der Waals surface area contributed by atoms with Crippen molar-refractivity contribution < 1.29 is 14.7 Å². The molecule has 1 amide bonds. The number of aromatic nitrogens is 1. The molecule has 5 nitrogen and oxygen atoms in total. The predicted octanol–water partition coefficient (Wildman–Crippen LogP) is 2.50. The van der Waals surface area contributed by atoms with Crippen molar-refractivity contribution in [2.75, 3.05) is 6.54 Å². The zero-order valence-electron chi connectivity index (χ0n) is 11.6. The lowest BCUT2D eigenvalue weighted by Crippen LogP contribution is -2.33. The van der Waals surface area contributed by atoms with Gasteiger partial charge in [0, 0.05) is 11.9 Å². The van der Waals surface area contributed by atoms with Gasteiger partial charge in [-0.15, -0.1) is 11.3 Å². The zero-order chi connectivity index (χ0) is 14.6. The van der Waals surface area contributed by atoms with Gasteiger partial charge in [0.05, 0.1) is 0 Å². The number of thiazole rings is 1. The summed E-state index contributed by atoms with van der Waals surface area (Å²) in [5, 5.41) is 13.2. The molecule has 1 heterocycles. The summed E-state index contributed by atoms with van der Waals surface area (Å²) in [6.45, 7) is 9.09. The maximum Gasteiger partial charge on any atom is 0.355 e. The van der Waals surface area contributed by atoms with Crippen LogP contribution in [0.3, 0.4) is 0 Å². The quantitative estimate of drug-likeness (QED) is 0.841. The van der Waals surface area contributed by atoms with Gasteiger partial charge in [0.2, 0.25) is 0 Å². The topological polar surface area (TPSA) is 79.3 Å². The van der Waals surface area contributed by atoms with Gasteiger partial charge in [0.1, 0.15) is 0 Å². The van der Waals surface area contributed by atoms with Crippen molar-refractivity contribution in [3.8, 4) is 0 Å². The summed E-state index contributed by atoms with van der Waals surface area (Å²) in [4.78, 5) is 26.4. The fraction of sp³-hybridized carbons (Fsp3) is 0.615. The number of carboxylic acids is 1. The van der Waals surface area contributed by atoms with Crippen LogP contribution >= 0.6 is 11.3 Å². The summed E-state index contributed by atoms with van der Waals surface area (Å²) in [6.07, 6.45) is 0. The molecule has 0 saturated heterocycles. The van der Waals surface area contributed by atoms with Crippen LogP contribution in [0.4, 0.5) is 0 Å². The number of rotatable bonds is 6. The van der Waals surface area contributed by atoms with Crippen molar-refractivity contribution in [3.05, 3.63) is 16.1 Å². The van der Waals surface area contributed by atoms with Crippen molar-refractivity contribution >= 4 is 23.2 Å². The predicted molar refractivity (Wildman–Crippen MR) is 74.6 cm³/mol. The van der Waals surface area contributed by atoms with E-state index in [1.54, 1.807) is 0 Å². The highest BCUT2D eigenvalue weighted by atomic mass is 32.1. The van der Waals surface area contributed by atoms with Crippen LogP contribution in [0.2, 0.25) is 0 Å². The molecule has 6 heteroatoms. The molecule has 0 aliphatic rings. The Balaban J connectivity index is 2.61. The van der Waals surface area contributed by atoms with Gasteiger partial charge < -0.3 is 10.4 Å². The molecule has 0 aromatic carbocycles. The van der Waals surface area contributed by atoms with Gasteiger partial charge in [-0.1, -0.05) is 27.7 Å². The summed E-state index contributed by atoms with van der Waals surface area (Å²) in [5.74, 6) is -0.0680. The van der Waals surface area contributed by atoms with Crippen LogP contribution in [0.1, 0.15) is 48.0 Å². The number of amides is 1. The summed E-state index contributed by atoms with van der Waals surface area (Å²) >= 11 is 1.05. The number of nitrogens with zero attached hydrogens (tertiary/aromatic N) is 1. The van der Waals surface area contributed by atoms with Crippen LogP contribution in [-0.4, -0.2) is 28.5 Å². The largest absolute Gasteiger partial charge is 0.476 e. The summed E-state index contributed by atoms with van der Waals surface area (Å²) in [5.41, 5.74) is -0.0839. The average Bonchev–Trinajstić information content (AvgIpc) is 2.77. The van der Waals surface area contributed by atoms with Crippen molar-refractivity contribution in [1.29, 1.82) is 0 Å². The Hall–Kier alpha value is -1.43. The molecule has 0 fully saturated rings. The third-order valence-electron chi connectivity index (χ3n) is 3.13. The van der Waals surface area contributed by atoms with Crippen LogP contribution in [0.5, 0.6) is 0 Å². The third-order valence-corrected chi connectivity index (χ3v) is 3.97. The molecule has 0 spiro atoms. The molecule has 2 N–H and O–H groups in total. The second-order valence-electron chi connectivity index (χ2n) is 5.20. The second-order valence-corrected chi connectivity index (χ2v) is 6.06. The molecular weight excluding hydrogens is 264 g/mol. The Kier molecular flexibility index (Phi) is 5.47. The van der Waals surface area contributed by atoms with Crippen molar-refractivity contribution in [1.82, 2.24) is 10.3 Å². The summed E-state index contributed by atoms with van der Waals surface area (Å²) in [6, 6.07) is 0. The molecule has 0 aliphatic heterocycles. The Morgan fingerprint density at radius 3 is 2.32 bits per heavy atom. The first-order chi connectivity index (χ1) is 8.82. The summed E-state index contributed by atoms with van der Waals surface area (Å²) in [7, 11) is 0. The highest BCUT2D eigenvalue weighted by Gasteiger charge is 2.20. The number of carbonyl (C=O) groups is 2. The number of carboxylic acid groups (broad SMARTS) is 1. The number of nitrogens with one attached hydrogen (secondary N) is 1. The standard InChI is InChI=1S/C13H20N2O3S/c1-7(2)9(8(3)4)5-14-11(16)12-15-10(6-19-12)13(17)18/h6-9H,5H2,1-4H3,(H,14,16)(H,17,18). The van der Waals surface area contributed by atoms with E-state index in [0.29, 0.717) is 24.3 Å². The van der Waals surface area contributed by atoms with Gasteiger partial charge in [-0.2, -0.15) is 0 Å². The van der Waals surface area contributed by atoms with Crippen LogP contribution < -0.4 is 5.32 Å². The summed E-state index contributed by atoms with van der Waals surface area (Å²) < 4.78 is 0. The lowest BCUT2D eigenvalue weighted by atomic mass is 9.85. The SMILES string of the molecule is CC(C)C(CNC(=O)c1nc(C(=O)O)cs1)C(C)C. The van der Waals surface area contributed by atoms with Gasteiger partial charge in [0.25, 0.3) is 5.91 Å². The average molecular weight is 284 g/mol. The number of aromatic carboxylic acids is 1. The Labute approximate surface area is 117 Å². The van der Waals surface area contributed by atoms with Crippen LogP contribution in [-0.2, 0) is 0 Å². The zero-order valence-corrected chi connectivity index (χ0v) is 12.5. The minimum absolute atomic E-state index is 0.0839. The maximum absolute atomic E-state index is 11.9. The highest BCUT2D eigenvalue weighted by Crippen LogP contribution is 2.19. The molecule has 1 aromatic heterocycles. The fourth-order valence-corrected chi connectivity index (χ4v) is 2.71. The minimum atomic E-state index is -1.11. The van der Waals surface area contributed by atoms with Crippen molar-refractivity contribution in [2.24, 2.45) is 17.8 Å². The molecule has 0 radical (unpaired) electrons. The first-order valence-corrected chi connectivity index (χ1v) is 7.18. The molecule has 0 atom stereocenters. The smallest absolute Gasteiger partial charge is 0.355 e. The molecule has 106 valence electrons. The number of carbonyl (C=O) groups excluding carboxylic acids is 1. The molecule has 1 rings (SSSR count). The minimum Gasteiger partial charge on any atom is -0.476 e. The Bertz CT molecular complexity index is 446. The number of hydrogen-bond acceptors (Lipinski definition) is 4. The lowest BCUT2D eigenvalue weighted by Gasteiger charge is -2.24. The third kappa shape index (κ3) is 4.31. The van der Waals surface area contributed by atoms with Gasteiger partial charge in [-0.05, 0) is 17.8 Å². The monoisotopic (exact) mass is 284 g/mol. The van der Waals surface area contributed by atoms with E-state index in [2.05, 4.69) is 38.0 Å². The Morgan fingerprint density at radius 2 is 1.89 bits per heavy atom. The lowest BCUT2D eigenvalue weighted by molar-refractivity contribution is 0.0691. The maximum atomic E-state index is 11.9. The van der Waals surface area contributed by atoms with E-state index in [1.807, 2.05) is 0 Å². The first-order valence-electron chi connectivity index (χ1n) is 6.30. The first kappa shape index (κ1) is 15.6. The van der Waals surface area contributed by atoms with Crippen LogP contribution in [0.25, 0.3) is 0 Å². The normalized spacial score (nSPS) is 11.3.